The molecule has 6 heteroatoms. The summed E-state index contributed by atoms with van der Waals surface area (Å²) in [7, 11) is -4.57. The molecule has 0 amide bonds. The number of hydrogen-bond donors (Lipinski definition) is 4. The van der Waals surface area contributed by atoms with E-state index in [1.165, 1.54) is 0 Å². The van der Waals surface area contributed by atoms with Gasteiger partial charge in [0.25, 0.3) is 0 Å². The van der Waals surface area contributed by atoms with Gasteiger partial charge in [-0.1, -0.05) is 0 Å². The molecule has 1 radical (unpaired) electrons. The van der Waals surface area contributed by atoms with Crippen molar-refractivity contribution in [2.45, 2.75) is 11.9 Å². The first-order chi connectivity index (χ1) is 3.85. The maximum Gasteiger partial charge on any atom is 0.356 e. The molecule has 0 aliphatic carbocycles. The van der Waals surface area contributed by atoms with Crippen molar-refractivity contribution in [3.8, 4) is 0 Å². The number of aliphatic hydroxyl groups excluding tert-OH is 2. The van der Waals surface area contributed by atoms with Crippen LogP contribution in [0.2, 0.25) is 0 Å². The van der Waals surface area contributed by atoms with Crippen LogP contribution in [-0.4, -0.2) is 31.9 Å². The van der Waals surface area contributed by atoms with E-state index in [9.17, 15) is 4.57 Å². The lowest BCUT2D eigenvalue weighted by atomic mass is 10.4. The highest BCUT2D eigenvalue weighted by molar-refractivity contribution is 7.52. The van der Waals surface area contributed by atoms with Crippen LogP contribution in [-0.2, 0) is 4.57 Å². The van der Waals surface area contributed by atoms with Crippen molar-refractivity contribution in [2.75, 3.05) is 0 Å². The van der Waals surface area contributed by atoms with Gasteiger partial charge in [-0.05, 0) is 6.92 Å². The van der Waals surface area contributed by atoms with Crippen LogP contribution in [0.3, 0.4) is 0 Å². The highest BCUT2D eigenvalue weighted by Crippen LogP contribution is 2.40. The molecule has 2 unspecified atom stereocenters. The van der Waals surface area contributed by atoms with Gasteiger partial charge in [-0.25, -0.2) is 0 Å². The van der Waals surface area contributed by atoms with Gasteiger partial charge in [0.1, 0.15) is 0 Å². The second kappa shape index (κ2) is 2.77. The van der Waals surface area contributed by atoms with Crippen LogP contribution in [0, 0.1) is 6.92 Å². The van der Waals surface area contributed by atoms with E-state index in [1.807, 2.05) is 0 Å². The Morgan fingerprint density at radius 1 is 1.33 bits per heavy atom. The predicted octanol–water partition coefficient (Wildman–Crippen LogP) is -1.32. The zero-order chi connectivity index (χ0) is 7.65. The molecule has 0 aromatic rings. The summed E-state index contributed by atoms with van der Waals surface area (Å²) in [6.07, 6.45) is -1.65. The van der Waals surface area contributed by atoms with Crippen molar-refractivity contribution >= 4 is 7.60 Å². The molecule has 0 bridgehead atoms. The van der Waals surface area contributed by atoms with Crippen molar-refractivity contribution in [3.05, 3.63) is 6.92 Å². The third kappa shape index (κ3) is 2.93. The van der Waals surface area contributed by atoms with E-state index in [0.29, 0.717) is 0 Å². The van der Waals surface area contributed by atoms with Gasteiger partial charge < -0.3 is 20.0 Å². The van der Waals surface area contributed by atoms with Crippen LogP contribution in [0.15, 0.2) is 0 Å². The lowest BCUT2D eigenvalue weighted by Gasteiger charge is -2.13. The van der Waals surface area contributed by atoms with Crippen LogP contribution < -0.4 is 0 Å². The fraction of sp³-hybridized carbons (Fsp3) is 0.667. The Hall–Kier alpha value is 0.0700. The minimum Gasteiger partial charge on any atom is -0.390 e. The average Bonchev–Trinajstić information content (AvgIpc) is 1.62. The Kier molecular flexibility index (Phi) is 2.79. The third-order valence-corrected chi connectivity index (χ3v) is 1.72. The summed E-state index contributed by atoms with van der Waals surface area (Å²) in [5.74, 6) is -2.07. The van der Waals surface area contributed by atoms with E-state index < -0.39 is 19.5 Å². The molecule has 2 atom stereocenters. The molecule has 0 aliphatic rings. The summed E-state index contributed by atoms with van der Waals surface area (Å²) in [6, 6.07) is 0. The normalized spacial score (nSPS) is 19.2. The molecule has 0 aromatic carbocycles. The van der Waals surface area contributed by atoms with Crippen LogP contribution in [0.25, 0.3) is 0 Å². The van der Waals surface area contributed by atoms with Gasteiger partial charge in [0, 0.05) is 0 Å². The van der Waals surface area contributed by atoms with Gasteiger partial charge >= 0.3 is 7.60 Å². The molecule has 0 aromatic heterocycles. The first-order valence-electron chi connectivity index (χ1n) is 2.10. The fourth-order valence-corrected chi connectivity index (χ4v) is 0.672. The Morgan fingerprint density at radius 3 is 1.67 bits per heavy atom. The molecular formula is C3H8O5P. The van der Waals surface area contributed by atoms with Crippen molar-refractivity contribution in [1.29, 1.82) is 0 Å². The average molecular weight is 155 g/mol. The summed E-state index contributed by atoms with van der Waals surface area (Å²) in [5.41, 5.74) is 0. The monoisotopic (exact) mass is 155 g/mol. The van der Waals surface area contributed by atoms with E-state index in [-0.39, 0.29) is 0 Å². The standard InChI is InChI=1S/C3H8O5P/c1-2(4)3(5)9(6,7)8/h2-5H,1H2,(H2,6,7,8). The fourth-order valence-electron chi connectivity index (χ4n) is 0.224. The molecule has 5 nitrogen and oxygen atoms in total. The van der Waals surface area contributed by atoms with Crippen LogP contribution >= 0.6 is 7.60 Å². The van der Waals surface area contributed by atoms with E-state index in [1.54, 1.807) is 0 Å². The molecule has 9 heavy (non-hydrogen) atoms. The largest absolute Gasteiger partial charge is 0.390 e. The Bertz CT molecular complexity index is 126. The lowest BCUT2D eigenvalue weighted by Crippen LogP contribution is -2.22. The van der Waals surface area contributed by atoms with Gasteiger partial charge in [0.2, 0.25) is 0 Å². The summed E-state index contributed by atoms with van der Waals surface area (Å²) in [5, 5.41) is 16.7. The van der Waals surface area contributed by atoms with Crippen molar-refractivity contribution in [2.24, 2.45) is 0 Å². The summed E-state index contributed by atoms with van der Waals surface area (Å²) in [6.45, 7) is 2.82. The molecule has 0 heterocycles. The smallest absolute Gasteiger partial charge is 0.356 e. The summed E-state index contributed by atoms with van der Waals surface area (Å²) >= 11 is 0. The topological polar surface area (TPSA) is 98.0 Å². The molecule has 55 valence electrons. The molecule has 0 rings (SSSR count). The van der Waals surface area contributed by atoms with Gasteiger partial charge in [-0.3, -0.25) is 4.57 Å². The van der Waals surface area contributed by atoms with Crippen molar-refractivity contribution < 1.29 is 24.6 Å². The minimum atomic E-state index is -4.57. The first kappa shape index (κ1) is 9.07. The Morgan fingerprint density at radius 2 is 1.67 bits per heavy atom. The summed E-state index contributed by atoms with van der Waals surface area (Å²) in [4.78, 5) is 16.2. The first-order valence-corrected chi connectivity index (χ1v) is 3.78. The molecule has 0 fully saturated rings. The highest BCUT2D eigenvalue weighted by atomic mass is 31.2. The van der Waals surface area contributed by atoms with Gasteiger partial charge in [-0.2, -0.15) is 0 Å². The van der Waals surface area contributed by atoms with E-state index >= 15 is 0 Å². The second-order valence-corrected chi connectivity index (χ2v) is 3.28. The van der Waals surface area contributed by atoms with Crippen LogP contribution in [0.4, 0.5) is 0 Å². The maximum absolute atomic E-state index is 10.0. The van der Waals surface area contributed by atoms with E-state index in [4.69, 9.17) is 20.0 Å². The molecule has 0 saturated carbocycles. The van der Waals surface area contributed by atoms with Crippen molar-refractivity contribution in [3.63, 3.8) is 0 Å². The van der Waals surface area contributed by atoms with Gasteiger partial charge in [0.05, 0.1) is 6.10 Å². The molecule has 0 saturated heterocycles. The third-order valence-electron chi connectivity index (χ3n) is 0.689. The minimum absolute atomic E-state index is 1.65. The van der Waals surface area contributed by atoms with Crippen molar-refractivity contribution in [1.82, 2.24) is 0 Å². The predicted molar refractivity (Wildman–Crippen MR) is 29.4 cm³/mol. The Balaban J connectivity index is 4.05. The van der Waals surface area contributed by atoms with Crippen LogP contribution in [0.1, 0.15) is 0 Å². The highest BCUT2D eigenvalue weighted by Gasteiger charge is 2.30. The molecule has 4 N–H and O–H groups in total. The maximum atomic E-state index is 10.0. The number of rotatable bonds is 2. The van der Waals surface area contributed by atoms with Gasteiger partial charge in [-0.15, -0.1) is 0 Å². The van der Waals surface area contributed by atoms with E-state index in [2.05, 4.69) is 6.92 Å². The lowest BCUT2D eigenvalue weighted by molar-refractivity contribution is 0.0801. The zero-order valence-electron chi connectivity index (χ0n) is 4.51. The molecular weight excluding hydrogens is 147 g/mol. The molecule has 0 spiro atoms. The van der Waals surface area contributed by atoms with E-state index in [0.717, 1.165) is 0 Å². The SMILES string of the molecule is [CH2]C(O)C(O)P(=O)(O)O. The summed E-state index contributed by atoms with van der Waals surface area (Å²) < 4.78 is 10.0. The quantitative estimate of drug-likeness (QED) is 0.370. The number of aliphatic hydroxyl groups is 2. The second-order valence-electron chi connectivity index (χ2n) is 1.57. The Labute approximate surface area is 52.1 Å². The van der Waals surface area contributed by atoms with Crippen LogP contribution in [0.5, 0.6) is 0 Å². The zero-order valence-corrected chi connectivity index (χ0v) is 5.40. The van der Waals surface area contributed by atoms with Gasteiger partial charge in [0.15, 0.2) is 5.85 Å². The molecule has 0 aliphatic heterocycles. The number of hydrogen-bond acceptors (Lipinski definition) is 3.